The molecule has 1 amide bonds. The average molecular weight is 279 g/mol. The van der Waals surface area contributed by atoms with Gasteiger partial charge in [0, 0.05) is 11.8 Å². The summed E-state index contributed by atoms with van der Waals surface area (Å²) < 4.78 is 5.71. The lowest BCUT2D eigenvalue weighted by molar-refractivity contribution is -0.120. The zero-order chi connectivity index (χ0) is 13.7. The first kappa shape index (κ1) is 14.3. The van der Waals surface area contributed by atoms with E-state index in [1.165, 1.54) is 0 Å². The summed E-state index contributed by atoms with van der Waals surface area (Å²) in [5.41, 5.74) is 1.15. The van der Waals surface area contributed by atoms with E-state index in [2.05, 4.69) is 5.32 Å². The molecule has 0 spiro atoms. The van der Waals surface area contributed by atoms with Crippen LogP contribution in [0.25, 0.3) is 0 Å². The molecule has 3 nitrogen and oxygen atoms in total. The van der Waals surface area contributed by atoms with Crippen LogP contribution in [-0.2, 0) is 4.79 Å². The van der Waals surface area contributed by atoms with Crippen molar-refractivity contribution in [2.45, 2.75) is 38.0 Å². The molecule has 0 aliphatic heterocycles. The smallest absolute Gasteiger partial charge is 0.233 e. The van der Waals surface area contributed by atoms with Crippen molar-refractivity contribution >= 4 is 17.7 Å². The second kappa shape index (κ2) is 6.85. The van der Waals surface area contributed by atoms with Crippen molar-refractivity contribution in [3.8, 4) is 5.75 Å². The SMILES string of the molecule is Cc1ccccc1OCCSC(C)C(=O)NC1CC1. The molecule has 1 atom stereocenters. The Kier molecular flexibility index (Phi) is 5.14. The highest BCUT2D eigenvalue weighted by Crippen LogP contribution is 2.21. The largest absolute Gasteiger partial charge is 0.492 e. The molecule has 104 valence electrons. The molecule has 0 heterocycles. The second-order valence-electron chi connectivity index (χ2n) is 4.91. The summed E-state index contributed by atoms with van der Waals surface area (Å²) in [6.45, 7) is 4.63. The van der Waals surface area contributed by atoms with Gasteiger partial charge < -0.3 is 10.1 Å². The van der Waals surface area contributed by atoms with E-state index in [1.807, 2.05) is 38.1 Å². The van der Waals surface area contributed by atoms with Gasteiger partial charge in [0.2, 0.25) is 5.91 Å². The molecule has 1 fully saturated rings. The first-order valence-corrected chi connectivity index (χ1v) is 7.82. The summed E-state index contributed by atoms with van der Waals surface area (Å²) >= 11 is 1.64. The molecule has 1 saturated carbocycles. The summed E-state index contributed by atoms with van der Waals surface area (Å²) in [5.74, 6) is 1.91. The van der Waals surface area contributed by atoms with Gasteiger partial charge in [-0.2, -0.15) is 0 Å². The summed E-state index contributed by atoms with van der Waals surface area (Å²) in [5, 5.41) is 3.02. The van der Waals surface area contributed by atoms with Crippen LogP contribution in [0.5, 0.6) is 5.75 Å². The third-order valence-electron chi connectivity index (χ3n) is 3.10. The number of hydrogen-bond donors (Lipinski definition) is 1. The zero-order valence-electron chi connectivity index (χ0n) is 11.5. The molecule has 0 radical (unpaired) electrons. The van der Waals surface area contributed by atoms with Crippen molar-refractivity contribution in [1.29, 1.82) is 0 Å². The Hall–Kier alpha value is -1.16. The van der Waals surface area contributed by atoms with Gasteiger partial charge in [-0.05, 0) is 38.3 Å². The van der Waals surface area contributed by atoms with Crippen molar-refractivity contribution in [2.75, 3.05) is 12.4 Å². The van der Waals surface area contributed by atoms with E-state index in [0.717, 1.165) is 29.9 Å². The number of carbonyl (C=O) groups excluding carboxylic acids is 1. The second-order valence-corrected chi connectivity index (χ2v) is 6.36. The van der Waals surface area contributed by atoms with Crippen molar-refractivity contribution in [3.05, 3.63) is 29.8 Å². The minimum Gasteiger partial charge on any atom is -0.492 e. The van der Waals surface area contributed by atoms with Crippen molar-refractivity contribution in [2.24, 2.45) is 0 Å². The molecule has 1 aromatic carbocycles. The maximum atomic E-state index is 11.7. The Morgan fingerprint density at radius 3 is 2.89 bits per heavy atom. The van der Waals surface area contributed by atoms with E-state index < -0.39 is 0 Å². The Morgan fingerprint density at radius 2 is 2.21 bits per heavy atom. The Bertz CT molecular complexity index is 432. The lowest BCUT2D eigenvalue weighted by Gasteiger charge is -2.12. The third kappa shape index (κ3) is 4.78. The maximum absolute atomic E-state index is 11.7. The van der Waals surface area contributed by atoms with Crippen molar-refractivity contribution in [3.63, 3.8) is 0 Å². The van der Waals surface area contributed by atoms with Crippen LogP contribution in [0.15, 0.2) is 24.3 Å². The van der Waals surface area contributed by atoms with Gasteiger partial charge in [0.25, 0.3) is 0 Å². The molecular weight excluding hydrogens is 258 g/mol. The fraction of sp³-hybridized carbons (Fsp3) is 0.533. The van der Waals surface area contributed by atoms with Crippen LogP contribution in [0.2, 0.25) is 0 Å². The first-order valence-electron chi connectivity index (χ1n) is 6.77. The predicted molar refractivity (Wildman–Crippen MR) is 79.8 cm³/mol. The summed E-state index contributed by atoms with van der Waals surface area (Å²) in [7, 11) is 0. The fourth-order valence-corrected chi connectivity index (χ4v) is 2.47. The monoisotopic (exact) mass is 279 g/mol. The van der Waals surface area contributed by atoms with E-state index in [-0.39, 0.29) is 11.2 Å². The predicted octanol–water partition coefficient (Wildman–Crippen LogP) is 2.77. The number of thioether (sulfide) groups is 1. The number of rotatable bonds is 7. The van der Waals surface area contributed by atoms with Crippen LogP contribution in [0, 0.1) is 6.92 Å². The van der Waals surface area contributed by atoms with E-state index in [4.69, 9.17) is 4.74 Å². The summed E-state index contributed by atoms with van der Waals surface area (Å²) in [6.07, 6.45) is 2.28. The van der Waals surface area contributed by atoms with Gasteiger partial charge in [0.1, 0.15) is 5.75 Å². The van der Waals surface area contributed by atoms with Crippen LogP contribution >= 0.6 is 11.8 Å². The molecule has 0 bridgehead atoms. The van der Waals surface area contributed by atoms with Crippen LogP contribution < -0.4 is 10.1 Å². The number of hydrogen-bond acceptors (Lipinski definition) is 3. The topological polar surface area (TPSA) is 38.3 Å². The van der Waals surface area contributed by atoms with Gasteiger partial charge in [0.15, 0.2) is 0 Å². The molecule has 1 unspecified atom stereocenters. The highest BCUT2D eigenvalue weighted by Gasteiger charge is 2.25. The van der Waals surface area contributed by atoms with Gasteiger partial charge in [-0.3, -0.25) is 4.79 Å². The number of benzene rings is 1. The molecule has 1 N–H and O–H groups in total. The normalized spacial score (nSPS) is 15.9. The fourth-order valence-electron chi connectivity index (χ4n) is 1.72. The molecule has 4 heteroatoms. The lowest BCUT2D eigenvalue weighted by Crippen LogP contribution is -2.32. The molecular formula is C15H21NO2S. The Labute approximate surface area is 119 Å². The van der Waals surface area contributed by atoms with Crippen LogP contribution in [-0.4, -0.2) is 29.6 Å². The maximum Gasteiger partial charge on any atom is 0.233 e. The molecule has 0 aromatic heterocycles. The van der Waals surface area contributed by atoms with Crippen molar-refractivity contribution < 1.29 is 9.53 Å². The van der Waals surface area contributed by atoms with Crippen molar-refractivity contribution in [1.82, 2.24) is 5.32 Å². The van der Waals surface area contributed by atoms with Gasteiger partial charge in [0.05, 0.1) is 11.9 Å². The Balaban J connectivity index is 1.63. The van der Waals surface area contributed by atoms with Gasteiger partial charge in [-0.25, -0.2) is 0 Å². The number of carbonyl (C=O) groups is 1. The minimum atomic E-state index is 0.000991. The van der Waals surface area contributed by atoms with Crippen LogP contribution in [0.4, 0.5) is 0 Å². The molecule has 19 heavy (non-hydrogen) atoms. The number of nitrogens with one attached hydrogen (secondary N) is 1. The van der Waals surface area contributed by atoms with E-state index in [1.54, 1.807) is 11.8 Å². The zero-order valence-corrected chi connectivity index (χ0v) is 12.3. The average Bonchev–Trinajstić information content (AvgIpc) is 3.20. The van der Waals surface area contributed by atoms with Crippen LogP contribution in [0.1, 0.15) is 25.3 Å². The molecule has 1 aliphatic carbocycles. The standard InChI is InChI=1S/C15H21NO2S/c1-11-5-3-4-6-14(11)18-9-10-19-12(2)15(17)16-13-7-8-13/h3-6,12-13H,7-10H2,1-2H3,(H,16,17). The lowest BCUT2D eigenvalue weighted by atomic mass is 10.2. The number of ether oxygens (including phenoxy) is 1. The molecule has 1 aliphatic rings. The summed E-state index contributed by atoms with van der Waals surface area (Å²) in [4.78, 5) is 11.7. The third-order valence-corrected chi connectivity index (χ3v) is 4.21. The Morgan fingerprint density at radius 1 is 1.47 bits per heavy atom. The minimum absolute atomic E-state index is 0.000991. The van der Waals surface area contributed by atoms with E-state index in [9.17, 15) is 4.79 Å². The van der Waals surface area contributed by atoms with Crippen LogP contribution in [0.3, 0.4) is 0 Å². The highest BCUT2D eigenvalue weighted by molar-refractivity contribution is 8.00. The van der Waals surface area contributed by atoms with E-state index >= 15 is 0 Å². The number of aryl methyl sites for hydroxylation is 1. The van der Waals surface area contributed by atoms with Gasteiger partial charge in [-0.1, -0.05) is 18.2 Å². The quantitative estimate of drug-likeness (QED) is 0.780. The molecule has 0 saturated heterocycles. The van der Waals surface area contributed by atoms with E-state index in [0.29, 0.717) is 12.6 Å². The first-order chi connectivity index (χ1) is 9.16. The number of para-hydroxylation sites is 1. The molecule has 1 aromatic rings. The van der Waals surface area contributed by atoms with Gasteiger partial charge in [-0.15, -0.1) is 11.8 Å². The summed E-state index contributed by atoms with van der Waals surface area (Å²) in [6, 6.07) is 8.43. The van der Waals surface area contributed by atoms with Gasteiger partial charge >= 0.3 is 0 Å². The number of amides is 1. The molecule has 2 rings (SSSR count). The highest BCUT2D eigenvalue weighted by atomic mass is 32.2.